The summed E-state index contributed by atoms with van der Waals surface area (Å²) < 4.78 is 4.45. The molecule has 1 fully saturated rings. The quantitative estimate of drug-likeness (QED) is 0.586. The van der Waals surface area contributed by atoms with Crippen molar-refractivity contribution in [2.45, 2.75) is 37.8 Å². The zero-order chi connectivity index (χ0) is 15.8. The molecule has 0 aliphatic carbocycles. The van der Waals surface area contributed by atoms with E-state index in [-0.39, 0.29) is 18.9 Å². The van der Waals surface area contributed by atoms with Crippen molar-refractivity contribution in [1.29, 1.82) is 0 Å². The number of esters is 1. The maximum absolute atomic E-state index is 11.8. The predicted octanol–water partition coefficient (Wildman–Crippen LogP) is -0.214. The molecule has 0 spiro atoms. The summed E-state index contributed by atoms with van der Waals surface area (Å²) in [6.45, 7) is 1.80. The molecule has 0 radical (unpaired) electrons. The van der Waals surface area contributed by atoms with Crippen molar-refractivity contribution in [3.63, 3.8) is 0 Å². The van der Waals surface area contributed by atoms with Gasteiger partial charge < -0.3 is 25.4 Å². The van der Waals surface area contributed by atoms with Crippen LogP contribution in [0.1, 0.15) is 25.7 Å². The van der Waals surface area contributed by atoms with Crippen LogP contribution in [-0.4, -0.2) is 67.3 Å². The number of nitrogens with one attached hydrogen (secondary N) is 2. The van der Waals surface area contributed by atoms with E-state index in [4.69, 9.17) is 5.11 Å². The molecule has 1 atom stereocenters. The Hall–Kier alpha value is -1.83. The van der Waals surface area contributed by atoms with Crippen LogP contribution in [0.15, 0.2) is 0 Å². The average Bonchev–Trinajstić information content (AvgIpc) is 2.45. The van der Waals surface area contributed by atoms with Crippen LogP contribution in [0, 0.1) is 0 Å². The fraction of sp³-hybridized carbons (Fsp3) is 0.769. The van der Waals surface area contributed by atoms with Gasteiger partial charge in [-0.2, -0.15) is 0 Å². The predicted molar refractivity (Wildman–Crippen MR) is 74.9 cm³/mol. The summed E-state index contributed by atoms with van der Waals surface area (Å²) in [5.74, 6) is -1.67. The molecule has 1 heterocycles. The number of carboxylic acid groups (broad SMARTS) is 1. The topological polar surface area (TPSA) is 108 Å². The van der Waals surface area contributed by atoms with Crippen LogP contribution in [-0.2, 0) is 14.3 Å². The lowest BCUT2D eigenvalue weighted by Crippen LogP contribution is -2.51. The van der Waals surface area contributed by atoms with E-state index >= 15 is 0 Å². The van der Waals surface area contributed by atoms with Gasteiger partial charge in [-0.1, -0.05) is 0 Å². The average molecular weight is 301 g/mol. The van der Waals surface area contributed by atoms with Crippen LogP contribution < -0.4 is 10.6 Å². The third-order valence-corrected chi connectivity index (χ3v) is 3.52. The molecule has 0 aromatic heterocycles. The van der Waals surface area contributed by atoms with Crippen molar-refractivity contribution in [1.82, 2.24) is 15.5 Å². The van der Waals surface area contributed by atoms with Crippen LogP contribution in [0.4, 0.5) is 4.79 Å². The molecule has 1 rings (SSSR count). The molecule has 0 aromatic carbocycles. The van der Waals surface area contributed by atoms with E-state index in [9.17, 15) is 14.4 Å². The summed E-state index contributed by atoms with van der Waals surface area (Å²) in [7, 11) is 3.25. The van der Waals surface area contributed by atoms with Crippen molar-refractivity contribution in [3.05, 3.63) is 0 Å². The minimum atomic E-state index is -1.17. The molecule has 0 saturated carbocycles. The van der Waals surface area contributed by atoms with Crippen LogP contribution in [0.5, 0.6) is 0 Å². The summed E-state index contributed by atoms with van der Waals surface area (Å²) in [6, 6.07) is -1.56. The van der Waals surface area contributed by atoms with Crippen LogP contribution in [0.3, 0.4) is 0 Å². The Bertz CT molecular complexity index is 380. The number of amides is 2. The molecule has 0 aromatic rings. The molecule has 120 valence electrons. The zero-order valence-corrected chi connectivity index (χ0v) is 12.4. The third kappa shape index (κ3) is 6.44. The number of carbonyl (C=O) groups is 3. The summed E-state index contributed by atoms with van der Waals surface area (Å²) >= 11 is 0. The van der Waals surface area contributed by atoms with Crippen molar-refractivity contribution in [2.75, 3.05) is 27.2 Å². The number of urea groups is 1. The first-order chi connectivity index (χ1) is 9.92. The molecule has 21 heavy (non-hydrogen) atoms. The highest BCUT2D eigenvalue weighted by Gasteiger charge is 2.23. The first-order valence-corrected chi connectivity index (χ1v) is 6.97. The molecule has 3 N–H and O–H groups in total. The number of rotatable bonds is 6. The van der Waals surface area contributed by atoms with Crippen molar-refractivity contribution < 1.29 is 24.2 Å². The van der Waals surface area contributed by atoms with Gasteiger partial charge >= 0.3 is 18.0 Å². The number of hydrogen-bond acceptors (Lipinski definition) is 5. The fourth-order valence-electron chi connectivity index (χ4n) is 2.16. The van der Waals surface area contributed by atoms with Gasteiger partial charge in [0.25, 0.3) is 0 Å². The Kier molecular flexibility index (Phi) is 6.93. The van der Waals surface area contributed by atoms with E-state index in [1.165, 1.54) is 7.11 Å². The minimum Gasteiger partial charge on any atom is -0.480 e. The lowest BCUT2D eigenvalue weighted by atomic mass is 10.1. The van der Waals surface area contributed by atoms with Crippen molar-refractivity contribution in [3.8, 4) is 0 Å². The molecule has 8 nitrogen and oxygen atoms in total. The Labute approximate surface area is 123 Å². The molecule has 1 aliphatic heterocycles. The number of piperidine rings is 1. The summed E-state index contributed by atoms with van der Waals surface area (Å²) in [5.41, 5.74) is 0. The molecular formula is C13H23N3O5. The van der Waals surface area contributed by atoms with E-state index in [1.54, 1.807) is 0 Å². The van der Waals surface area contributed by atoms with E-state index in [2.05, 4.69) is 20.3 Å². The fourth-order valence-corrected chi connectivity index (χ4v) is 2.16. The highest BCUT2D eigenvalue weighted by molar-refractivity contribution is 5.83. The number of ether oxygens (including phenoxy) is 1. The maximum atomic E-state index is 11.8. The minimum absolute atomic E-state index is 0.00281. The second-order valence-corrected chi connectivity index (χ2v) is 5.20. The van der Waals surface area contributed by atoms with Crippen LogP contribution in [0.25, 0.3) is 0 Å². The van der Waals surface area contributed by atoms with Gasteiger partial charge in [-0.25, -0.2) is 9.59 Å². The maximum Gasteiger partial charge on any atom is 0.326 e. The number of carbonyl (C=O) groups excluding carboxylic acids is 2. The molecule has 8 heteroatoms. The van der Waals surface area contributed by atoms with E-state index in [1.807, 2.05) is 7.05 Å². The molecular weight excluding hydrogens is 278 g/mol. The SMILES string of the molecule is COC(=O)CC[C@@H](NC(=O)NC1CCN(C)CC1)C(=O)O. The molecule has 2 amide bonds. The van der Waals surface area contributed by atoms with Crippen molar-refractivity contribution in [2.24, 2.45) is 0 Å². The van der Waals surface area contributed by atoms with E-state index in [0.29, 0.717) is 0 Å². The monoisotopic (exact) mass is 301 g/mol. The second kappa shape index (κ2) is 8.46. The van der Waals surface area contributed by atoms with Crippen molar-refractivity contribution >= 4 is 18.0 Å². The van der Waals surface area contributed by atoms with Gasteiger partial charge in [-0.15, -0.1) is 0 Å². The Balaban J connectivity index is 2.38. The number of aliphatic carboxylic acids is 1. The van der Waals surface area contributed by atoms with E-state index in [0.717, 1.165) is 25.9 Å². The lowest BCUT2D eigenvalue weighted by Gasteiger charge is -2.29. The smallest absolute Gasteiger partial charge is 0.326 e. The number of likely N-dealkylation sites (tertiary alicyclic amines) is 1. The molecule has 1 saturated heterocycles. The van der Waals surface area contributed by atoms with Gasteiger partial charge in [0.05, 0.1) is 7.11 Å². The number of hydrogen-bond donors (Lipinski definition) is 3. The molecule has 0 unspecified atom stereocenters. The number of nitrogens with zero attached hydrogens (tertiary/aromatic N) is 1. The Morgan fingerprint density at radius 3 is 2.48 bits per heavy atom. The molecule has 0 bridgehead atoms. The highest BCUT2D eigenvalue weighted by atomic mass is 16.5. The van der Waals surface area contributed by atoms with Gasteiger partial charge in [0.1, 0.15) is 6.04 Å². The Morgan fingerprint density at radius 2 is 1.95 bits per heavy atom. The van der Waals surface area contributed by atoms with Crippen LogP contribution >= 0.6 is 0 Å². The first-order valence-electron chi connectivity index (χ1n) is 6.97. The molecule has 1 aliphatic rings. The summed E-state index contributed by atoms with van der Waals surface area (Å²) in [5, 5.41) is 14.2. The normalized spacial score (nSPS) is 17.8. The van der Waals surface area contributed by atoms with E-state index < -0.39 is 24.0 Å². The second-order valence-electron chi connectivity index (χ2n) is 5.20. The van der Waals surface area contributed by atoms with Gasteiger partial charge in [0, 0.05) is 12.5 Å². The standard InChI is InChI=1S/C13H23N3O5/c1-16-7-5-9(6-8-16)14-13(20)15-10(12(18)19)3-4-11(17)21-2/h9-10H,3-8H2,1-2H3,(H,18,19)(H2,14,15,20)/t10-/m1/s1. The summed E-state index contributed by atoms with van der Waals surface area (Å²) in [6.07, 6.45) is 1.62. The lowest BCUT2D eigenvalue weighted by molar-refractivity contribution is -0.142. The Morgan fingerprint density at radius 1 is 1.33 bits per heavy atom. The highest BCUT2D eigenvalue weighted by Crippen LogP contribution is 2.08. The van der Waals surface area contributed by atoms with Gasteiger partial charge in [0.15, 0.2) is 0 Å². The number of methoxy groups -OCH3 is 1. The summed E-state index contributed by atoms with van der Waals surface area (Å²) in [4.78, 5) is 36.1. The van der Waals surface area contributed by atoms with Crippen LogP contribution in [0.2, 0.25) is 0 Å². The van der Waals surface area contributed by atoms with Gasteiger partial charge in [-0.05, 0) is 39.4 Å². The third-order valence-electron chi connectivity index (χ3n) is 3.52. The number of carboxylic acids is 1. The van der Waals surface area contributed by atoms with Gasteiger partial charge in [-0.3, -0.25) is 4.79 Å². The zero-order valence-electron chi connectivity index (χ0n) is 12.4. The first kappa shape index (κ1) is 17.2. The van der Waals surface area contributed by atoms with Gasteiger partial charge in [0.2, 0.25) is 0 Å². The largest absolute Gasteiger partial charge is 0.480 e.